The fourth-order valence-corrected chi connectivity index (χ4v) is 3.57. The van der Waals surface area contributed by atoms with Crippen LogP contribution in [-0.4, -0.2) is 62.1 Å². The first kappa shape index (κ1) is 17.6. The van der Waals surface area contributed by atoms with Crippen LogP contribution < -0.4 is 0 Å². The number of rotatable bonds is 4. The molecule has 0 spiro atoms. The highest BCUT2D eigenvalue weighted by molar-refractivity contribution is 7.86. The number of aliphatic hydroxyl groups is 1. The molecule has 1 N–H and O–H groups in total. The van der Waals surface area contributed by atoms with Crippen molar-refractivity contribution in [1.82, 2.24) is 0 Å². The monoisotopic (exact) mass is 338 g/mol. The summed E-state index contributed by atoms with van der Waals surface area (Å²) in [4.78, 5) is 12.0. The lowest BCUT2D eigenvalue weighted by Gasteiger charge is -2.39. The molecule has 9 heteroatoms. The van der Waals surface area contributed by atoms with Gasteiger partial charge < -0.3 is 19.3 Å². The van der Waals surface area contributed by atoms with E-state index in [4.69, 9.17) is 18.4 Å². The molecule has 0 aromatic rings. The summed E-state index contributed by atoms with van der Waals surface area (Å²) >= 11 is 0. The number of ether oxygens (including phenoxy) is 3. The van der Waals surface area contributed by atoms with E-state index in [1.54, 1.807) is 20.8 Å². The van der Waals surface area contributed by atoms with Crippen molar-refractivity contribution in [3.63, 3.8) is 0 Å². The van der Waals surface area contributed by atoms with Crippen molar-refractivity contribution in [2.24, 2.45) is 0 Å². The Morgan fingerprint density at radius 2 is 1.95 bits per heavy atom. The maximum atomic E-state index is 12.0. The van der Waals surface area contributed by atoms with Crippen molar-refractivity contribution in [1.29, 1.82) is 0 Å². The van der Waals surface area contributed by atoms with Gasteiger partial charge in [-0.1, -0.05) is 0 Å². The smallest absolute Gasteiger partial charge is 0.338 e. The molecule has 1 aliphatic carbocycles. The highest BCUT2D eigenvalue weighted by Gasteiger charge is 2.58. The summed E-state index contributed by atoms with van der Waals surface area (Å²) in [5.74, 6) is -1.77. The second-order valence-corrected chi connectivity index (χ2v) is 7.74. The topological polar surface area (TPSA) is 108 Å². The normalized spacial score (nSPS) is 37.6. The van der Waals surface area contributed by atoms with E-state index in [0.717, 1.165) is 6.26 Å². The molecule has 2 fully saturated rings. The molecule has 8 nitrogen and oxygen atoms in total. The van der Waals surface area contributed by atoms with Gasteiger partial charge in [0.05, 0.1) is 19.0 Å². The molecule has 2 rings (SSSR count). The molecular weight excluding hydrogens is 316 g/mol. The second-order valence-electron chi connectivity index (χ2n) is 6.14. The molecule has 22 heavy (non-hydrogen) atoms. The Balaban J connectivity index is 2.28. The standard InChI is InChI=1S/C13H22O8S/c1-5-18-11(14)13(15)6-8-10(20-12(2,3)19-8)9(7-13)21-22(4,16)17/h8-10,15H,5-7H2,1-4H3. The third kappa shape index (κ3) is 3.77. The van der Waals surface area contributed by atoms with Gasteiger partial charge in [0.15, 0.2) is 11.4 Å². The van der Waals surface area contributed by atoms with Gasteiger partial charge in [0.2, 0.25) is 0 Å². The summed E-state index contributed by atoms with van der Waals surface area (Å²) in [5, 5.41) is 10.6. The largest absolute Gasteiger partial charge is 0.464 e. The third-order valence-electron chi connectivity index (χ3n) is 3.62. The van der Waals surface area contributed by atoms with Crippen LogP contribution in [0.15, 0.2) is 0 Å². The number of esters is 1. The van der Waals surface area contributed by atoms with E-state index in [-0.39, 0.29) is 19.4 Å². The van der Waals surface area contributed by atoms with Gasteiger partial charge in [-0.25, -0.2) is 4.79 Å². The minimum Gasteiger partial charge on any atom is -0.464 e. The molecular formula is C13H22O8S. The summed E-state index contributed by atoms with van der Waals surface area (Å²) in [7, 11) is -3.79. The van der Waals surface area contributed by atoms with Crippen molar-refractivity contribution in [2.75, 3.05) is 12.9 Å². The fraction of sp³-hybridized carbons (Fsp3) is 0.923. The Morgan fingerprint density at radius 1 is 1.32 bits per heavy atom. The number of hydrogen-bond acceptors (Lipinski definition) is 8. The number of hydrogen-bond donors (Lipinski definition) is 1. The van der Waals surface area contributed by atoms with Crippen LogP contribution in [0.4, 0.5) is 0 Å². The van der Waals surface area contributed by atoms with E-state index in [0.29, 0.717) is 0 Å². The molecule has 4 atom stereocenters. The molecule has 128 valence electrons. The lowest BCUT2D eigenvalue weighted by atomic mass is 9.80. The van der Waals surface area contributed by atoms with Crippen molar-refractivity contribution >= 4 is 16.1 Å². The van der Waals surface area contributed by atoms with Crippen molar-refractivity contribution in [2.45, 2.75) is 63.3 Å². The predicted octanol–water partition coefficient (Wildman–Crippen LogP) is -0.0607. The van der Waals surface area contributed by atoms with E-state index in [1.165, 1.54) is 0 Å². The molecule has 0 aromatic heterocycles. The lowest BCUT2D eigenvalue weighted by molar-refractivity contribution is -0.179. The first-order valence-corrected chi connectivity index (χ1v) is 8.91. The average Bonchev–Trinajstić information content (AvgIpc) is 2.61. The molecule has 2 aliphatic rings. The molecule has 1 heterocycles. The molecule has 1 saturated heterocycles. The molecule has 0 bridgehead atoms. The Kier molecular flexibility index (Phi) is 4.58. The zero-order chi connectivity index (χ0) is 16.8. The van der Waals surface area contributed by atoms with Crippen molar-refractivity contribution in [3.8, 4) is 0 Å². The van der Waals surface area contributed by atoms with Crippen LogP contribution in [0, 0.1) is 0 Å². The fourth-order valence-electron chi connectivity index (χ4n) is 2.95. The summed E-state index contributed by atoms with van der Waals surface area (Å²) in [6, 6.07) is 0. The molecule has 0 aromatic carbocycles. The Hall–Kier alpha value is -0.740. The van der Waals surface area contributed by atoms with Crippen LogP contribution in [0.1, 0.15) is 33.6 Å². The number of carbonyl (C=O) groups is 1. The quantitative estimate of drug-likeness (QED) is 0.561. The maximum Gasteiger partial charge on any atom is 0.338 e. The Morgan fingerprint density at radius 3 is 2.50 bits per heavy atom. The first-order valence-electron chi connectivity index (χ1n) is 7.09. The summed E-state index contributed by atoms with van der Waals surface area (Å²) < 4.78 is 44.1. The summed E-state index contributed by atoms with van der Waals surface area (Å²) in [6.45, 7) is 5.07. The van der Waals surface area contributed by atoms with Crippen LogP contribution in [0.5, 0.6) is 0 Å². The Bertz CT molecular complexity index is 542. The SMILES string of the molecule is CCOC(=O)C1(O)CC2OC(C)(C)OC2C(OS(C)(=O)=O)C1. The van der Waals surface area contributed by atoms with E-state index >= 15 is 0 Å². The van der Waals surface area contributed by atoms with Gasteiger partial charge in [-0.3, -0.25) is 4.18 Å². The zero-order valence-corrected chi connectivity index (χ0v) is 13.9. The molecule has 0 radical (unpaired) electrons. The van der Waals surface area contributed by atoms with Crippen LogP contribution in [-0.2, 0) is 33.3 Å². The molecule has 0 amide bonds. The first-order chi connectivity index (χ1) is 9.96. The zero-order valence-electron chi connectivity index (χ0n) is 13.1. The van der Waals surface area contributed by atoms with E-state index in [1.807, 2.05) is 0 Å². The van der Waals surface area contributed by atoms with Crippen LogP contribution in [0.25, 0.3) is 0 Å². The highest BCUT2D eigenvalue weighted by atomic mass is 32.2. The number of carbonyl (C=O) groups excluding carboxylic acids is 1. The van der Waals surface area contributed by atoms with Gasteiger partial charge in [-0.05, 0) is 20.8 Å². The Labute approximate surface area is 129 Å². The molecule has 1 saturated carbocycles. The van der Waals surface area contributed by atoms with Crippen LogP contribution in [0.3, 0.4) is 0 Å². The van der Waals surface area contributed by atoms with Gasteiger partial charge in [0, 0.05) is 12.8 Å². The maximum absolute atomic E-state index is 12.0. The lowest BCUT2D eigenvalue weighted by Crippen LogP contribution is -2.56. The molecule has 1 aliphatic heterocycles. The minimum atomic E-state index is -3.79. The van der Waals surface area contributed by atoms with Crippen LogP contribution >= 0.6 is 0 Å². The summed E-state index contributed by atoms with van der Waals surface area (Å²) in [5.41, 5.74) is -1.86. The van der Waals surface area contributed by atoms with Crippen molar-refractivity contribution < 1.29 is 36.7 Å². The van der Waals surface area contributed by atoms with Gasteiger partial charge in [-0.2, -0.15) is 8.42 Å². The van der Waals surface area contributed by atoms with E-state index < -0.39 is 45.8 Å². The van der Waals surface area contributed by atoms with E-state index in [9.17, 15) is 18.3 Å². The van der Waals surface area contributed by atoms with Crippen molar-refractivity contribution in [3.05, 3.63) is 0 Å². The van der Waals surface area contributed by atoms with Crippen LogP contribution in [0.2, 0.25) is 0 Å². The average molecular weight is 338 g/mol. The predicted molar refractivity (Wildman–Crippen MR) is 74.4 cm³/mol. The third-order valence-corrected chi connectivity index (χ3v) is 4.22. The van der Waals surface area contributed by atoms with Gasteiger partial charge in [0.1, 0.15) is 12.2 Å². The van der Waals surface area contributed by atoms with Gasteiger partial charge in [-0.15, -0.1) is 0 Å². The summed E-state index contributed by atoms with van der Waals surface area (Å²) in [6.07, 6.45) is -1.74. The highest BCUT2D eigenvalue weighted by Crippen LogP contribution is 2.42. The second kappa shape index (κ2) is 5.72. The van der Waals surface area contributed by atoms with Gasteiger partial charge in [0.25, 0.3) is 10.1 Å². The molecule has 4 unspecified atom stereocenters. The van der Waals surface area contributed by atoms with E-state index in [2.05, 4.69) is 0 Å². The minimum absolute atomic E-state index is 0.0381. The van der Waals surface area contributed by atoms with Gasteiger partial charge >= 0.3 is 5.97 Å². The number of fused-ring (bicyclic) bond motifs is 1.